The maximum atomic E-state index is 13.1. The molecule has 1 heterocycles. The smallest absolute Gasteiger partial charge is 0.256 e. The molecule has 1 aromatic heterocycles. The minimum absolute atomic E-state index is 0.315. The third kappa shape index (κ3) is 4.39. The molecule has 0 radical (unpaired) electrons. The molecule has 3 aromatic carbocycles. The second-order valence-corrected chi connectivity index (χ2v) is 7.04. The molecule has 0 bridgehead atoms. The van der Waals surface area contributed by atoms with Crippen molar-refractivity contribution in [2.45, 2.75) is 0 Å². The first-order chi connectivity index (χ1) is 15.1. The van der Waals surface area contributed by atoms with Crippen molar-refractivity contribution in [1.29, 1.82) is 0 Å². The van der Waals surface area contributed by atoms with E-state index in [0.717, 1.165) is 5.56 Å². The number of oxazole rings is 1. The average molecular weight is 435 g/mol. The van der Waals surface area contributed by atoms with Crippen molar-refractivity contribution in [2.75, 3.05) is 19.5 Å². The summed E-state index contributed by atoms with van der Waals surface area (Å²) >= 11 is 5.95. The Morgan fingerprint density at radius 3 is 2.52 bits per heavy atom. The number of benzene rings is 3. The van der Waals surface area contributed by atoms with E-state index in [1.807, 2.05) is 18.2 Å². The summed E-state index contributed by atoms with van der Waals surface area (Å²) in [7, 11) is 3.10. The van der Waals surface area contributed by atoms with E-state index in [9.17, 15) is 4.79 Å². The van der Waals surface area contributed by atoms with E-state index in [4.69, 9.17) is 25.5 Å². The molecule has 6 nitrogen and oxygen atoms in total. The summed E-state index contributed by atoms with van der Waals surface area (Å²) in [6.07, 6.45) is 1.62. The van der Waals surface area contributed by atoms with Gasteiger partial charge in [-0.15, -0.1) is 0 Å². The predicted molar refractivity (Wildman–Crippen MR) is 120 cm³/mol. The number of nitrogens with zero attached hydrogens (tertiary/aromatic N) is 1. The van der Waals surface area contributed by atoms with Gasteiger partial charge in [0, 0.05) is 22.2 Å². The van der Waals surface area contributed by atoms with Gasteiger partial charge in [0.15, 0.2) is 5.76 Å². The summed E-state index contributed by atoms with van der Waals surface area (Å²) in [5.41, 5.74) is 2.36. The van der Waals surface area contributed by atoms with Gasteiger partial charge in [-0.3, -0.25) is 4.79 Å². The highest BCUT2D eigenvalue weighted by molar-refractivity contribution is 6.30. The SMILES string of the molecule is COc1ccc(NC(=O)c2ccccc2-c2ncc(-c3ccc(Cl)cc3)o2)c(OC)c1. The Kier molecular flexibility index (Phi) is 5.91. The molecular weight excluding hydrogens is 416 g/mol. The van der Waals surface area contributed by atoms with Crippen LogP contribution in [-0.2, 0) is 0 Å². The monoisotopic (exact) mass is 434 g/mol. The van der Waals surface area contributed by atoms with Crippen LogP contribution in [0.1, 0.15) is 10.4 Å². The van der Waals surface area contributed by atoms with Crippen LogP contribution >= 0.6 is 11.6 Å². The van der Waals surface area contributed by atoms with Crippen molar-refractivity contribution in [3.8, 4) is 34.3 Å². The molecule has 156 valence electrons. The summed E-state index contributed by atoms with van der Waals surface area (Å²) in [6.45, 7) is 0. The van der Waals surface area contributed by atoms with Gasteiger partial charge in [0.25, 0.3) is 5.91 Å². The van der Waals surface area contributed by atoms with E-state index in [0.29, 0.717) is 45.0 Å². The number of amides is 1. The standard InChI is InChI=1S/C24H19ClN2O4/c1-29-17-11-12-20(21(13-17)30-2)27-23(28)18-5-3-4-6-19(18)24-26-14-22(31-24)15-7-9-16(25)10-8-15/h3-14H,1-2H3,(H,27,28). The fourth-order valence-corrected chi connectivity index (χ4v) is 3.23. The molecule has 0 aliphatic rings. The highest BCUT2D eigenvalue weighted by Gasteiger charge is 2.18. The van der Waals surface area contributed by atoms with Crippen LogP contribution in [0, 0.1) is 0 Å². The molecule has 0 fully saturated rings. The van der Waals surface area contributed by atoms with Crippen LogP contribution in [0.15, 0.2) is 77.3 Å². The van der Waals surface area contributed by atoms with Crippen molar-refractivity contribution in [3.05, 3.63) is 83.5 Å². The van der Waals surface area contributed by atoms with Crippen LogP contribution in [0.3, 0.4) is 0 Å². The van der Waals surface area contributed by atoms with E-state index in [1.165, 1.54) is 7.11 Å². The molecule has 0 saturated carbocycles. The molecule has 0 saturated heterocycles. The number of halogens is 1. The second kappa shape index (κ2) is 8.93. The van der Waals surface area contributed by atoms with Crippen molar-refractivity contribution in [2.24, 2.45) is 0 Å². The summed E-state index contributed by atoms with van der Waals surface area (Å²) in [5, 5.41) is 3.52. The Hall–Kier alpha value is -3.77. The van der Waals surface area contributed by atoms with Gasteiger partial charge in [-0.1, -0.05) is 23.7 Å². The molecule has 1 N–H and O–H groups in total. The number of rotatable bonds is 6. The Morgan fingerprint density at radius 2 is 1.77 bits per heavy atom. The molecular formula is C24H19ClN2O4. The number of methoxy groups -OCH3 is 2. The van der Waals surface area contributed by atoms with E-state index in [2.05, 4.69) is 10.3 Å². The molecule has 0 atom stereocenters. The number of anilines is 1. The minimum atomic E-state index is -0.315. The van der Waals surface area contributed by atoms with Gasteiger partial charge in [-0.2, -0.15) is 0 Å². The first-order valence-electron chi connectivity index (χ1n) is 9.43. The number of nitrogens with one attached hydrogen (secondary N) is 1. The van der Waals surface area contributed by atoms with Crippen molar-refractivity contribution < 1.29 is 18.7 Å². The quantitative estimate of drug-likeness (QED) is 0.407. The van der Waals surface area contributed by atoms with E-state index >= 15 is 0 Å². The minimum Gasteiger partial charge on any atom is -0.497 e. The summed E-state index contributed by atoms with van der Waals surface area (Å²) in [5.74, 6) is 1.73. The van der Waals surface area contributed by atoms with Crippen LogP contribution in [0.4, 0.5) is 5.69 Å². The van der Waals surface area contributed by atoms with E-state index in [1.54, 1.807) is 61.8 Å². The molecule has 1 amide bonds. The van der Waals surface area contributed by atoms with Crippen LogP contribution in [0.5, 0.6) is 11.5 Å². The summed E-state index contributed by atoms with van der Waals surface area (Å²) in [6, 6.07) is 19.5. The fraction of sp³-hybridized carbons (Fsp3) is 0.0833. The number of ether oxygens (including phenoxy) is 2. The lowest BCUT2D eigenvalue weighted by atomic mass is 10.1. The maximum Gasteiger partial charge on any atom is 0.256 e. The van der Waals surface area contributed by atoms with Crippen LogP contribution in [0.2, 0.25) is 5.02 Å². The fourth-order valence-electron chi connectivity index (χ4n) is 3.11. The normalized spacial score (nSPS) is 10.5. The predicted octanol–water partition coefficient (Wildman–Crippen LogP) is 5.93. The molecule has 4 rings (SSSR count). The van der Waals surface area contributed by atoms with Gasteiger partial charge in [-0.05, 0) is 48.5 Å². The lowest BCUT2D eigenvalue weighted by molar-refractivity contribution is 0.102. The molecule has 31 heavy (non-hydrogen) atoms. The third-order valence-electron chi connectivity index (χ3n) is 4.69. The average Bonchev–Trinajstić information content (AvgIpc) is 3.30. The first kappa shape index (κ1) is 20.5. The molecule has 7 heteroatoms. The summed E-state index contributed by atoms with van der Waals surface area (Å²) < 4.78 is 16.5. The van der Waals surface area contributed by atoms with E-state index < -0.39 is 0 Å². The van der Waals surface area contributed by atoms with Gasteiger partial charge in [0.05, 0.1) is 31.7 Å². The Balaban J connectivity index is 1.64. The highest BCUT2D eigenvalue weighted by Crippen LogP contribution is 2.32. The largest absolute Gasteiger partial charge is 0.497 e. The molecule has 0 aliphatic carbocycles. The molecule has 0 unspecified atom stereocenters. The zero-order valence-electron chi connectivity index (χ0n) is 16.9. The van der Waals surface area contributed by atoms with Gasteiger partial charge >= 0.3 is 0 Å². The number of hydrogen-bond donors (Lipinski definition) is 1. The van der Waals surface area contributed by atoms with Gasteiger partial charge in [0.2, 0.25) is 5.89 Å². The molecule has 0 spiro atoms. The molecule has 4 aromatic rings. The van der Waals surface area contributed by atoms with Crippen molar-refractivity contribution in [3.63, 3.8) is 0 Å². The van der Waals surface area contributed by atoms with Crippen LogP contribution in [-0.4, -0.2) is 25.1 Å². The van der Waals surface area contributed by atoms with E-state index in [-0.39, 0.29) is 5.91 Å². The number of carbonyl (C=O) groups excluding carboxylic acids is 1. The number of hydrogen-bond acceptors (Lipinski definition) is 5. The number of aromatic nitrogens is 1. The van der Waals surface area contributed by atoms with Gasteiger partial charge in [0.1, 0.15) is 11.5 Å². The van der Waals surface area contributed by atoms with Crippen LogP contribution in [0.25, 0.3) is 22.8 Å². The topological polar surface area (TPSA) is 73.6 Å². The Bertz CT molecular complexity index is 1220. The van der Waals surface area contributed by atoms with Crippen molar-refractivity contribution in [1.82, 2.24) is 4.98 Å². The Labute approximate surface area is 184 Å². The highest BCUT2D eigenvalue weighted by atomic mass is 35.5. The van der Waals surface area contributed by atoms with Crippen LogP contribution < -0.4 is 14.8 Å². The lowest BCUT2D eigenvalue weighted by Gasteiger charge is -2.12. The second-order valence-electron chi connectivity index (χ2n) is 6.60. The summed E-state index contributed by atoms with van der Waals surface area (Å²) in [4.78, 5) is 17.4. The maximum absolute atomic E-state index is 13.1. The third-order valence-corrected chi connectivity index (χ3v) is 4.95. The van der Waals surface area contributed by atoms with Gasteiger partial charge in [-0.25, -0.2) is 4.98 Å². The zero-order valence-corrected chi connectivity index (χ0v) is 17.6. The lowest BCUT2D eigenvalue weighted by Crippen LogP contribution is -2.14. The van der Waals surface area contributed by atoms with Crippen molar-refractivity contribution >= 4 is 23.2 Å². The zero-order chi connectivity index (χ0) is 21.8. The molecule has 0 aliphatic heterocycles. The first-order valence-corrected chi connectivity index (χ1v) is 9.81. The van der Waals surface area contributed by atoms with Gasteiger partial charge < -0.3 is 19.2 Å². The number of carbonyl (C=O) groups is 1. The Morgan fingerprint density at radius 1 is 1.00 bits per heavy atom.